The van der Waals surface area contributed by atoms with Crippen molar-refractivity contribution in [3.05, 3.63) is 29.7 Å². The standard InChI is InChI=1S/C22H30N6O3/c1-22(2,3)17-10-18-23-9-8-16(28(18)26-17)15-6-4-14(5-7-15)11-24-19(29)12-27-13-20(30)25-21(27)31/h8-10,14-15H,4-7,11-13H2,1-3H3,(H,24,29)(H,25,30,31). The molecule has 0 aromatic carbocycles. The molecule has 3 heterocycles. The lowest BCUT2D eigenvalue weighted by atomic mass is 9.80. The lowest BCUT2D eigenvalue weighted by Gasteiger charge is -2.29. The van der Waals surface area contributed by atoms with E-state index in [1.807, 2.05) is 10.7 Å². The number of nitrogens with zero attached hydrogens (tertiary/aromatic N) is 4. The molecule has 4 amide bonds. The fourth-order valence-electron chi connectivity index (χ4n) is 4.35. The van der Waals surface area contributed by atoms with Crippen molar-refractivity contribution in [3.63, 3.8) is 0 Å². The minimum absolute atomic E-state index is 0.0239. The van der Waals surface area contributed by atoms with Crippen LogP contribution in [0.25, 0.3) is 5.65 Å². The molecule has 31 heavy (non-hydrogen) atoms. The minimum atomic E-state index is -0.502. The van der Waals surface area contributed by atoms with Crippen molar-refractivity contribution in [2.24, 2.45) is 5.92 Å². The Labute approximate surface area is 181 Å². The van der Waals surface area contributed by atoms with Crippen LogP contribution in [-0.2, 0) is 15.0 Å². The predicted octanol–water partition coefficient (Wildman–Crippen LogP) is 1.97. The van der Waals surface area contributed by atoms with Gasteiger partial charge in [-0.15, -0.1) is 0 Å². The van der Waals surface area contributed by atoms with Crippen molar-refractivity contribution in [2.75, 3.05) is 19.6 Å². The molecule has 4 rings (SSSR count). The van der Waals surface area contributed by atoms with E-state index in [1.54, 1.807) is 0 Å². The average molecular weight is 427 g/mol. The van der Waals surface area contributed by atoms with Crippen molar-refractivity contribution in [1.29, 1.82) is 0 Å². The zero-order valence-electron chi connectivity index (χ0n) is 18.4. The van der Waals surface area contributed by atoms with Crippen LogP contribution in [0.5, 0.6) is 0 Å². The summed E-state index contributed by atoms with van der Waals surface area (Å²) in [6.45, 7) is 6.92. The van der Waals surface area contributed by atoms with E-state index in [1.165, 1.54) is 10.6 Å². The van der Waals surface area contributed by atoms with Gasteiger partial charge in [0.05, 0.1) is 5.69 Å². The highest BCUT2D eigenvalue weighted by Gasteiger charge is 2.29. The van der Waals surface area contributed by atoms with Gasteiger partial charge in [0, 0.05) is 35.8 Å². The Morgan fingerprint density at radius 2 is 1.97 bits per heavy atom. The molecule has 1 saturated heterocycles. The number of carbonyl (C=O) groups is 3. The maximum absolute atomic E-state index is 12.1. The molecule has 1 saturated carbocycles. The lowest BCUT2D eigenvalue weighted by Crippen LogP contribution is -2.40. The number of nitrogens with one attached hydrogen (secondary N) is 2. The summed E-state index contributed by atoms with van der Waals surface area (Å²) in [4.78, 5) is 40.6. The van der Waals surface area contributed by atoms with Crippen molar-refractivity contribution >= 4 is 23.5 Å². The highest BCUT2D eigenvalue weighted by Crippen LogP contribution is 2.36. The monoisotopic (exact) mass is 426 g/mol. The molecule has 0 radical (unpaired) electrons. The van der Waals surface area contributed by atoms with E-state index >= 15 is 0 Å². The summed E-state index contributed by atoms with van der Waals surface area (Å²) in [6, 6.07) is 3.64. The number of rotatable bonds is 5. The molecular weight excluding hydrogens is 396 g/mol. The van der Waals surface area contributed by atoms with Gasteiger partial charge in [0.15, 0.2) is 5.65 Å². The second-order valence-electron chi connectivity index (χ2n) is 9.65. The molecule has 1 aliphatic carbocycles. The van der Waals surface area contributed by atoms with Crippen LogP contribution in [0.2, 0.25) is 0 Å². The second kappa shape index (κ2) is 8.28. The molecule has 0 spiro atoms. The second-order valence-corrected chi connectivity index (χ2v) is 9.65. The highest BCUT2D eigenvalue weighted by atomic mass is 16.2. The number of carbonyl (C=O) groups excluding carboxylic acids is 3. The van der Waals surface area contributed by atoms with Crippen molar-refractivity contribution in [2.45, 2.75) is 57.8 Å². The summed E-state index contributed by atoms with van der Waals surface area (Å²) in [5.74, 6) is 0.237. The molecule has 1 aliphatic heterocycles. The number of hydrogen-bond acceptors (Lipinski definition) is 5. The van der Waals surface area contributed by atoms with Gasteiger partial charge >= 0.3 is 6.03 Å². The minimum Gasteiger partial charge on any atom is -0.354 e. The molecule has 2 fully saturated rings. The van der Waals surface area contributed by atoms with Crippen molar-refractivity contribution in [1.82, 2.24) is 30.1 Å². The van der Waals surface area contributed by atoms with Crippen LogP contribution >= 0.6 is 0 Å². The Balaban J connectivity index is 1.31. The third-order valence-corrected chi connectivity index (χ3v) is 6.21. The van der Waals surface area contributed by atoms with Gasteiger partial charge in [0.1, 0.15) is 13.1 Å². The molecule has 2 aromatic rings. The van der Waals surface area contributed by atoms with Crippen LogP contribution in [-0.4, -0.2) is 57.0 Å². The molecule has 2 N–H and O–H groups in total. The van der Waals surface area contributed by atoms with Crippen LogP contribution < -0.4 is 10.6 Å². The first-order valence-electron chi connectivity index (χ1n) is 10.9. The number of aromatic nitrogens is 3. The maximum Gasteiger partial charge on any atom is 0.325 e. The molecule has 0 bridgehead atoms. The van der Waals surface area contributed by atoms with Gasteiger partial charge in [-0.3, -0.25) is 14.9 Å². The molecule has 166 valence electrons. The van der Waals surface area contributed by atoms with Gasteiger partial charge < -0.3 is 10.2 Å². The predicted molar refractivity (Wildman–Crippen MR) is 115 cm³/mol. The van der Waals surface area contributed by atoms with Crippen molar-refractivity contribution in [3.8, 4) is 0 Å². The molecule has 2 aromatic heterocycles. The summed E-state index contributed by atoms with van der Waals surface area (Å²) in [5.41, 5.74) is 3.11. The maximum atomic E-state index is 12.1. The molecule has 9 nitrogen and oxygen atoms in total. The summed E-state index contributed by atoms with van der Waals surface area (Å²) < 4.78 is 2.00. The first kappa shape index (κ1) is 21.3. The van der Waals surface area contributed by atoms with Gasteiger partial charge in [0.25, 0.3) is 0 Å². The Kier molecular flexibility index (Phi) is 5.68. The van der Waals surface area contributed by atoms with E-state index in [0.717, 1.165) is 37.0 Å². The summed E-state index contributed by atoms with van der Waals surface area (Å²) in [6.07, 6.45) is 5.97. The zero-order chi connectivity index (χ0) is 22.2. The van der Waals surface area contributed by atoms with E-state index in [9.17, 15) is 14.4 Å². The number of hydrogen-bond donors (Lipinski definition) is 2. The van der Waals surface area contributed by atoms with Crippen LogP contribution in [0.3, 0.4) is 0 Å². The molecule has 2 aliphatic rings. The van der Waals surface area contributed by atoms with Gasteiger partial charge in [-0.25, -0.2) is 14.3 Å². The largest absolute Gasteiger partial charge is 0.354 e. The summed E-state index contributed by atoms with van der Waals surface area (Å²) in [5, 5.41) is 9.93. The summed E-state index contributed by atoms with van der Waals surface area (Å²) in [7, 11) is 0. The topological polar surface area (TPSA) is 109 Å². The smallest absolute Gasteiger partial charge is 0.325 e. The third-order valence-electron chi connectivity index (χ3n) is 6.21. The highest BCUT2D eigenvalue weighted by molar-refractivity contribution is 6.03. The van der Waals surface area contributed by atoms with Crippen LogP contribution in [0.15, 0.2) is 18.3 Å². The molecule has 0 unspecified atom stereocenters. The van der Waals surface area contributed by atoms with E-state index < -0.39 is 6.03 Å². The molecule has 0 atom stereocenters. The molecular formula is C22H30N6O3. The van der Waals surface area contributed by atoms with E-state index in [4.69, 9.17) is 5.10 Å². The Morgan fingerprint density at radius 1 is 1.23 bits per heavy atom. The quantitative estimate of drug-likeness (QED) is 0.711. The Hall–Kier alpha value is -2.97. The lowest BCUT2D eigenvalue weighted by molar-refractivity contribution is -0.122. The summed E-state index contributed by atoms with van der Waals surface area (Å²) >= 11 is 0. The number of fused-ring (bicyclic) bond motifs is 1. The van der Waals surface area contributed by atoms with Crippen molar-refractivity contribution < 1.29 is 14.4 Å². The average Bonchev–Trinajstić information content (AvgIpc) is 3.29. The van der Waals surface area contributed by atoms with E-state index in [2.05, 4.69) is 48.5 Å². The molecule has 9 heteroatoms. The first-order valence-corrected chi connectivity index (χ1v) is 10.9. The third kappa shape index (κ3) is 4.70. The van der Waals surface area contributed by atoms with Gasteiger partial charge in [-0.2, -0.15) is 5.10 Å². The Morgan fingerprint density at radius 3 is 2.61 bits per heavy atom. The number of urea groups is 1. The Bertz CT molecular complexity index is 1000. The van der Waals surface area contributed by atoms with Gasteiger partial charge in [-0.05, 0) is 37.7 Å². The fraction of sp³-hybridized carbons (Fsp3) is 0.591. The van der Waals surface area contributed by atoms with Crippen LogP contribution in [0.1, 0.15) is 63.8 Å². The van der Waals surface area contributed by atoms with Crippen LogP contribution in [0.4, 0.5) is 4.79 Å². The van der Waals surface area contributed by atoms with Gasteiger partial charge in [0.2, 0.25) is 11.8 Å². The van der Waals surface area contributed by atoms with E-state index in [-0.39, 0.29) is 30.3 Å². The van der Waals surface area contributed by atoms with E-state index in [0.29, 0.717) is 18.4 Å². The first-order chi connectivity index (χ1) is 14.7. The van der Waals surface area contributed by atoms with Gasteiger partial charge in [-0.1, -0.05) is 20.8 Å². The normalized spacial score (nSPS) is 22.1. The van der Waals surface area contributed by atoms with Crippen LogP contribution in [0, 0.1) is 5.92 Å². The zero-order valence-corrected chi connectivity index (χ0v) is 18.4. The SMILES string of the molecule is CC(C)(C)c1cc2nccc(C3CCC(CNC(=O)CN4CC(=O)NC4=O)CC3)n2n1. The fourth-order valence-corrected chi connectivity index (χ4v) is 4.35. The number of imide groups is 1. The number of amides is 4.